The largest absolute Gasteiger partial charge is 0.207 e. The van der Waals surface area contributed by atoms with E-state index in [4.69, 9.17) is 0 Å². The van der Waals surface area contributed by atoms with E-state index in [1.54, 1.807) is 18.2 Å². The van der Waals surface area contributed by atoms with Crippen LogP contribution in [0.1, 0.15) is 5.56 Å². The fourth-order valence-electron chi connectivity index (χ4n) is 3.99. The maximum absolute atomic E-state index is 14.8. The smallest absolute Gasteiger partial charge is 0.167 e. The number of fused-ring (bicyclic) bond motifs is 7. The van der Waals surface area contributed by atoms with E-state index in [0.29, 0.717) is 21.5 Å². The highest BCUT2D eigenvalue weighted by atomic mass is 19.2. The molecule has 0 aliphatic heterocycles. The first-order valence-corrected chi connectivity index (χ1v) is 8.37. The number of benzene rings is 5. The molecule has 0 aromatic heterocycles. The lowest BCUT2D eigenvalue weighted by molar-refractivity contribution is 0.525. The second-order valence-electron chi connectivity index (χ2n) is 6.64. The predicted molar refractivity (Wildman–Crippen MR) is 101 cm³/mol. The Kier molecular flexibility index (Phi) is 3.05. The molecule has 26 heavy (non-hydrogen) atoms. The zero-order valence-corrected chi connectivity index (χ0v) is 13.9. The molecule has 5 aromatic carbocycles. The van der Waals surface area contributed by atoms with Crippen molar-refractivity contribution in [3.63, 3.8) is 0 Å². The standard InChI is InChI=1S/C23H13F3/c1-12-3-2-4-13-5-8-18-21(19(12)13)20-16-10-7-15(24)11-14(16)6-9-17(20)22(25)23(18)26/h2-11H,1H3. The van der Waals surface area contributed by atoms with Crippen LogP contribution in [0.15, 0.2) is 60.7 Å². The second-order valence-corrected chi connectivity index (χ2v) is 6.64. The number of hydrogen-bond donors (Lipinski definition) is 0. The number of hydrogen-bond acceptors (Lipinski definition) is 0. The molecule has 126 valence electrons. The summed E-state index contributed by atoms with van der Waals surface area (Å²) in [5, 5.41) is 4.98. The summed E-state index contributed by atoms with van der Waals surface area (Å²) in [7, 11) is 0. The zero-order chi connectivity index (χ0) is 18.0. The lowest BCUT2D eigenvalue weighted by Gasteiger charge is -2.14. The summed E-state index contributed by atoms with van der Waals surface area (Å²) in [6.07, 6.45) is 0. The van der Waals surface area contributed by atoms with Crippen LogP contribution >= 0.6 is 0 Å². The van der Waals surface area contributed by atoms with Gasteiger partial charge in [-0.25, -0.2) is 13.2 Å². The van der Waals surface area contributed by atoms with E-state index in [-0.39, 0.29) is 16.6 Å². The SMILES string of the molecule is Cc1cccc2ccc3c(F)c(F)c4ccc5cc(F)ccc5c4c3c12. The highest BCUT2D eigenvalue weighted by molar-refractivity contribution is 6.28. The second kappa shape index (κ2) is 5.21. The number of halogens is 3. The molecule has 0 aliphatic rings. The summed E-state index contributed by atoms with van der Waals surface area (Å²) >= 11 is 0. The van der Waals surface area contributed by atoms with Gasteiger partial charge < -0.3 is 0 Å². The van der Waals surface area contributed by atoms with Crippen LogP contribution in [0, 0.1) is 24.4 Å². The van der Waals surface area contributed by atoms with Crippen molar-refractivity contribution < 1.29 is 13.2 Å². The normalized spacial score (nSPS) is 11.8. The molecule has 0 atom stereocenters. The van der Waals surface area contributed by atoms with Crippen molar-refractivity contribution in [3.05, 3.63) is 83.7 Å². The lowest BCUT2D eigenvalue weighted by Crippen LogP contribution is -1.94. The molecule has 0 bridgehead atoms. The maximum Gasteiger partial charge on any atom is 0.167 e. The molecule has 0 amide bonds. The Morgan fingerprint density at radius 2 is 1.23 bits per heavy atom. The Bertz CT molecular complexity index is 1370. The zero-order valence-electron chi connectivity index (χ0n) is 13.9. The minimum atomic E-state index is -0.869. The Morgan fingerprint density at radius 3 is 2.00 bits per heavy atom. The number of rotatable bonds is 0. The third-order valence-electron chi connectivity index (χ3n) is 5.15. The van der Waals surface area contributed by atoms with Crippen LogP contribution in [-0.2, 0) is 0 Å². The average molecular weight is 346 g/mol. The number of aryl methyl sites for hydroxylation is 1. The summed E-state index contributed by atoms with van der Waals surface area (Å²) < 4.78 is 43.3. The molecule has 5 rings (SSSR count). The van der Waals surface area contributed by atoms with E-state index in [9.17, 15) is 13.2 Å². The van der Waals surface area contributed by atoms with Crippen LogP contribution in [0.3, 0.4) is 0 Å². The monoisotopic (exact) mass is 346 g/mol. The molecule has 3 heteroatoms. The first-order valence-electron chi connectivity index (χ1n) is 8.37. The van der Waals surface area contributed by atoms with E-state index in [1.807, 2.05) is 31.2 Å². The van der Waals surface area contributed by atoms with Crippen molar-refractivity contribution >= 4 is 43.1 Å². The summed E-state index contributed by atoms with van der Waals surface area (Å²) in [5.74, 6) is -2.07. The quantitative estimate of drug-likeness (QED) is 0.264. The van der Waals surface area contributed by atoms with Gasteiger partial charge in [-0.15, -0.1) is 0 Å². The summed E-state index contributed by atoms with van der Waals surface area (Å²) in [4.78, 5) is 0. The van der Waals surface area contributed by atoms with Crippen LogP contribution < -0.4 is 0 Å². The van der Waals surface area contributed by atoms with Gasteiger partial charge in [0, 0.05) is 21.5 Å². The van der Waals surface area contributed by atoms with E-state index in [2.05, 4.69) is 0 Å². The lowest BCUT2D eigenvalue weighted by atomic mass is 9.90. The molecule has 0 aliphatic carbocycles. The topological polar surface area (TPSA) is 0 Å². The molecule has 0 radical (unpaired) electrons. The predicted octanol–water partition coefficient (Wildman–Crippen LogP) is 7.03. The van der Waals surface area contributed by atoms with Crippen LogP contribution in [0.5, 0.6) is 0 Å². The van der Waals surface area contributed by atoms with Gasteiger partial charge >= 0.3 is 0 Å². The van der Waals surface area contributed by atoms with Crippen molar-refractivity contribution in [2.24, 2.45) is 0 Å². The van der Waals surface area contributed by atoms with Crippen LogP contribution in [-0.4, -0.2) is 0 Å². The van der Waals surface area contributed by atoms with Gasteiger partial charge in [-0.3, -0.25) is 0 Å². The Hall–Kier alpha value is -3.07. The van der Waals surface area contributed by atoms with Gasteiger partial charge in [0.25, 0.3) is 0 Å². The Morgan fingerprint density at radius 1 is 0.577 bits per heavy atom. The molecule has 0 nitrogen and oxygen atoms in total. The van der Waals surface area contributed by atoms with E-state index in [0.717, 1.165) is 16.3 Å². The minimum Gasteiger partial charge on any atom is -0.207 e. The molecular formula is C23H13F3. The highest BCUT2D eigenvalue weighted by Crippen LogP contribution is 2.40. The molecule has 0 N–H and O–H groups in total. The third kappa shape index (κ3) is 1.91. The molecule has 0 fully saturated rings. The van der Waals surface area contributed by atoms with Crippen molar-refractivity contribution in [1.82, 2.24) is 0 Å². The van der Waals surface area contributed by atoms with E-state index in [1.165, 1.54) is 18.2 Å². The molecule has 0 unspecified atom stereocenters. The van der Waals surface area contributed by atoms with Gasteiger partial charge in [-0.05, 0) is 46.2 Å². The van der Waals surface area contributed by atoms with Gasteiger partial charge in [0.05, 0.1) is 0 Å². The van der Waals surface area contributed by atoms with Crippen molar-refractivity contribution in [2.75, 3.05) is 0 Å². The Labute approximate surface area is 147 Å². The molecular weight excluding hydrogens is 333 g/mol. The molecule has 0 spiro atoms. The van der Waals surface area contributed by atoms with Gasteiger partial charge in [-0.2, -0.15) is 0 Å². The van der Waals surface area contributed by atoms with Crippen molar-refractivity contribution in [3.8, 4) is 0 Å². The first-order chi connectivity index (χ1) is 12.6. The van der Waals surface area contributed by atoms with Gasteiger partial charge in [0.2, 0.25) is 0 Å². The fraction of sp³-hybridized carbons (Fsp3) is 0.0435. The minimum absolute atomic E-state index is 0.213. The molecule has 5 aromatic rings. The first kappa shape index (κ1) is 15.2. The van der Waals surface area contributed by atoms with Crippen molar-refractivity contribution in [2.45, 2.75) is 6.92 Å². The van der Waals surface area contributed by atoms with Gasteiger partial charge in [0.1, 0.15) is 5.82 Å². The van der Waals surface area contributed by atoms with Gasteiger partial charge in [-0.1, -0.05) is 48.5 Å². The summed E-state index contributed by atoms with van der Waals surface area (Å²) in [6.45, 7) is 1.96. The summed E-state index contributed by atoms with van der Waals surface area (Å²) in [5.41, 5.74) is 0.986. The highest BCUT2D eigenvalue weighted by Gasteiger charge is 2.19. The molecule has 0 heterocycles. The van der Waals surface area contributed by atoms with E-state index < -0.39 is 11.6 Å². The fourth-order valence-corrected chi connectivity index (χ4v) is 3.99. The maximum atomic E-state index is 14.8. The summed E-state index contributed by atoms with van der Waals surface area (Å²) in [6, 6.07) is 16.9. The van der Waals surface area contributed by atoms with Crippen LogP contribution in [0.4, 0.5) is 13.2 Å². The average Bonchev–Trinajstić information content (AvgIpc) is 2.64. The molecule has 0 saturated carbocycles. The third-order valence-corrected chi connectivity index (χ3v) is 5.15. The Balaban J connectivity index is 2.22. The van der Waals surface area contributed by atoms with Crippen LogP contribution in [0.2, 0.25) is 0 Å². The van der Waals surface area contributed by atoms with E-state index >= 15 is 0 Å². The molecule has 0 saturated heterocycles. The van der Waals surface area contributed by atoms with Crippen molar-refractivity contribution in [1.29, 1.82) is 0 Å². The van der Waals surface area contributed by atoms with Gasteiger partial charge in [0.15, 0.2) is 11.6 Å². The van der Waals surface area contributed by atoms with Crippen LogP contribution in [0.25, 0.3) is 43.1 Å².